The van der Waals surface area contributed by atoms with E-state index < -0.39 is 0 Å². The Balaban J connectivity index is 1.46. The Morgan fingerprint density at radius 2 is 2.31 bits per heavy atom. The fourth-order valence-corrected chi connectivity index (χ4v) is 3.56. The van der Waals surface area contributed by atoms with Crippen molar-refractivity contribution in [3.05, 3.63) is 54.0 Å². The van der Waals surface area contributed by atoms with Crippen LogP contribution in [0.2, 0.25) is 0 Å². The van der Waals surface area contributed by atoms with E-state index >= 15 is 0 Å². The van der Waals surface area contributed by atoms with Crippen molar-refractivity contribution in [3.63, 3.8) is 0 Å². The van der Waals surface area contributed by atoms with Crippen LogP contribution < -0.4 is 5.32 Å². The number of aromatic nitrogens is 4. The number of nitrogens with zero attached hydrogens (tertiary/aromatic N) is 4. The second-order valence-electron chi connectivity index (χ2n) is 6.63. The standard InChI is InChI=1S/C19H23N5O2/c1-3-23-9-7-20-18(23)16-15(6-10-26-16)19(25)21-11-14-12-24-8-4-5-13(2)17(24)22-14/h4-5,7-9,12,15-16H,3,6,10-11H2,1-2H3,(H,21,25)/t15-,16-/m1/s1. The van der Waals surface area contributed by atoms with Crippen LogP contribution in [0.5, 0.6) is 0 Å². The van der Waals surface area contributed by atoms with Gasteiger partial charge in [-0.05, 0) is 31.9 Å². The smallest absolute Gasteiger partial charge is 0.226 e. The average Bonchev–Trinajstić information content (AvgIpc) is 3.37. The maximum Gasteiger partial charge on any atom is 0.226 e. The Kier molecular flexibility index (Phi) is 4.46. The van der Waals surface area contributed by atoms with E-state index in [2.05, 4.69) is 22.2 Å². The molecule has 1 aliphatic rings. The van der Waals surface area contributed by atoms with E-state index in [1.54, 1.807) is 6.20 Å². The fraction of sp³-hybridized carbons (Fsp3) is 0.421. The molecule has 1 fully saturated rings. The molecule has 7 heteroatoms. The number of carbonyl (C=O) groups is 1. The van der Waals surface area contributed by atoms with Crippen LogP contribution in [0.25, 0.3) is 5.65 Å². The highest BCUT2D eigenvalue weighted by atomic mass is 16.5. The zero-order valence-corrected chi connectivity index (χ0v) is 15.1. The zero-order valence-electron chi connectivity index (χ0n) is 15.1. The van der Waals surface area contributed by atoms with Crippen LogP contribution in [-0.2, 0) is 22.6 Å². The first-order valence-corrected chi connectivity index (χ1v) is 9.01. The maximum atomic E-state index is 12.7. The summed E-state index contributed by atoms with van der Waals surface area (Å²) in [6, 6.07) is 4.02. The van der Waals surface area contributed by atoms with Crippen molar-refractivity contribution in [2.24, 2.45) is 5.92 Å². The summed E-state index contributed by atoms with van der Waals surface area (Å²) in [5, 5.41) is 3.02. The summed E-state index contributed by atoms with van der Waals surface area (Å²) in [4.78, 5) is 21.8. The zero-order chi connectivity index (χ0) is 18.1. The summed E-state index contributed by atoms with van der Waals surface area (Å²) < 4.78 is 9.84. The molecule has 4 rings (SSSR count). The van der Waals surface area contributed by atoms with E-state index in [-0.39, 0.29) is 17.9 Å². The van der Waals surface area contributed by atoms with Gasteiger partial charge in [0.25, 0.3) is 0 Å². The Morgan fingerprint density at radius 1 is 1.42 bits per heavy atom. The first-order chi connectivity index (χ1) is 12.7. The van der Waals surface area contributed by atoms with Gasteiger partial charge in [0, 0.05) is 37.9 Å². The van der Waals surface area contributed by atoms with Crippen molar-refractivity contribution in [2.45, 2.75) is 39.5 Å². The first-order valence-electron chi connectivity index (χ1n) is 9.01. The Hall–Kier alpha value is -2.67. The number of amides is 1. The van der Waals surface area contributed by atoms with Crippen molar-refractivity contribution in [3.8, 4) is 0 Å². The minimum absolute atomic E-state index is 0.00747. The van der Waals surface area contributed by atoms with E-state index in [4.69, 9.17) is 4.74 Å². The molecule has 0 saturated carbocycles. The monoisotopic (exact) mass is 353 g/mol. The molecule has 1 amide bonds. The summed E-state index contributed by atoms with van der Waals surface area (Å²) in [6.45, 7) is 5.88. The molecule has 26 heavy (non-hydrogen) atoms. The maximum absolute atomic E-state index is 12.7. The highest BCUT2D eigenvalue weighted by Gasteiger charge is 2.37. The predicted molar refractivity (Wildman–Crippen MR) is 96.5 cm³/mol. The molecule has 1 N–H and O–H groups in total. The van der Waals surface area contributed by atoms with E-state index in [0.29, 0.717) is 19.6 Å². The summed E-state index contributed by atoms with van der Waals surface area (Å²) in [6.07, 6.45) is 8.02. The van der Waals surface area contributed by atoms with Crippen molar-refractivity contribution in [1.82, 2.24) is 24.3 Å². The van der Waals surface area contributed by atoms with Gasteiger partial charge < -0.3 is 19.0 Å². The van der Waals surface area contributed by atoms with Crippen molar-refractivity contribution >= 4 is 11.6 Å². The fourth-order valence-electron chi connectivity index (χ4n) is 3.56. The quantitative estimate of drug-likeness (QED) is 0.763. The van der Waals surface area contributed by atoms with Gasteiger partial charge >= 0.3 is 0 Å². The van der Waals surface area contributed by atoms with Crippen molar-refractivity contribution in [1.29, 1.82) is 0 Å². The summed E-state index contributed by atoms with van der Waals surface area (Å²) in [5.74, 6) is 0.599. The van der Waals surface area contributed by atoms with Crippen LogP contribution in [0.4, 0.5) is 0 Å². The third kappa shape index (κ3) is 2.99. The lowest BCUT2D eigenvalue weighted by atomic mass is 10.00. The van der Waals surface area contributed by atoms with Crippen LogP contribution in [-0.4, -0.2) is 31.4 Å². The molecular formula is C19H23N5O2. The highest BCUT2D eigenvalue weighted by Crippen LogP contribution is 2.33. The van der Waals surface area contributed by atoms with Gasteiger partial charge in [0.15, 0.2) is 0 Å². The number of fused-ring (bicyclic) bond motifs is 1. The number of hydrogen-bond donors (Lipinski definition) is 1. The molecule has 0 radical (unpaired) electrons. The van der Waals surface area contributed by atoms with Gasteiger partial charge in [-0.1, -0.05) is 6.07 Å². The topological polar surface area (TPSA) is 73.5 Å². The molecule has 0 bridgehead atoms. The lowest BCUT2D eigenvalue weighted by Crippen LogP contribution is -2.32. The van der Waals surface area contributed by atoms with E-state index in [9.17, 15) is 4.79 Å². The third-order valence-corrected chi connectivity index (χ3v) is 4.94. The molecule has 0 aromatic carbocycles. The van der Waals surface area contributed by atoms with Crippen LogP contribution in [0.15, 0.2) is 36.9 Å². The molecule has 4 heterocycles. The molecule has 7 nitrogen and oxygen atoms in total. The number of aryl methyl sites for hydroxylation is 2. The molecule has 2 atom stereocenters. The van der Waals surface area contributed by atoms with Crippen LogP contribution >= 0.6 is 0 Å². The van der Waals surface area contributed by atoms with Gasteiger partial charge in [0.1, 0.15) is 17.6 Å². The molecule has 0 unspecified atom stereocenters. The van der Waals surface area contributed by atoms with Gasteiger partial charge in [0.2, 0.25) is 5.91 Å². The normalized spacial score (nSPS) is 19.9. The average molecular weight is 353 g/mol. The molecule has 0 aliphatic carbocycles. The molecule has 1 aliphatic heterocycles. The summed E-state index contributed by atoms with van der Waals surface area (Å²) >= 11 is 0. The number of ether oxygens (including phenoxy) is 1. The van der Waals surface area contributed by atoms with Gasteiger partial charge in [-0.15, -0.1) is 0 Å². The number of pyridine rings is 1. The predicted octanol–water partition coefficient (Wildman–Crippen LogP) is 2.25. The largest absolute Gasteiger partial charge is 0.369 e. The second kappa shape index (κ2) is 6.92. The first kappa shape index (κ1) is 16.8. The van der Waals surface area contributed by atoms with Gasteiger partial charge in [-0.2, -0.15) is 0 Å². The summed E-state index contributed by atoms with van der Waals surface area (Å²) in [7, 11) is 0. The van der Waals surface area contributed by atoms with Gasteiger partial charge in [-0.25, -0.2) is 9.97 Å². The summed E-state index contributed by atoms with van der Waals surface area (Å²) in [5.41, 5.74) is 2.88. The minimum Gasteiger partial charge on any atom is -0.369 e. The van der Waals surface area contributed by atoms with Crippen LogP contribution in [0.3, 0.4) is 0 Å². The van der Waals surface area contributed by atoms with E-state index in [1.807, 2.05) is 46.6 Å². The number of hydrogen-bond acceptors (Lipinski definition) is 4. The van der Waals surface area contributed by atoms with Crippen molar-refractivity contribution in [2.75, 3.05) is 6.61 Å². The molecule has 3 aromatic heterocycles. The molecular weight excluding hydrogens is 330 g/mol. The highest BCUT2D eigenvalue weighted by molar-refractivity contribution is 5.79. The molecule has 3 aromatic rings. The van der Waals surface area contributed by atoms with Crippen LogP contribution in [0.1, 0.15) is 36.5 Å². The van der Waals surface area contributed by atoms with Crippen molar-refractivity contribution < 1.29 is 9.53 Å². The Bertz CT molecular complexity index is 929. The minimum atomic E-state index is -0.284. The Morgan fingerprint density at radius 3 is 3.12 bits per heavy atom. The second-order valence-corrected chi connectivity index (χ2v) is 6.63. The van der Waals surface area contributed by atoms with Crippen LogP contribution in [0, 0.1) is 12.8 Å². The third-order valence-electron chi connectivity index (χ3n) is 4.94. The molecule has 0 spiro atoms. The number of nitrogens with one attached hydrogen (secondary N) is 1. The lowest BCUT2D eigenvalue weighted by molar-refractivity contribution is -0.127. The Labute approximate surface area is 152 Å². The van der Waals surface area contributed by atoms with Gasteiger partial charge in [-0.3, -0.25) is 4.79 Å². The van der Waals surface area contributed by atoms with E-state index in [0.717, 1.165) is 29.3 Å². The molecule has 1 saturated heterocycles. The SMILES string of the molecule is CCn1ccnc1[C@@H]1OCC[C@H]1C(=O)NCc1cn2cccc(C)c2n1. The lowest BCUT2D eigenvalue weighted by Gasteiger charge is -2.18. The van der Waals surface area contributed by atoms with Gasteiger partial charge in [0.05, 0.1) is 18.2 Å². The van der Waals surface area contributed by atoms with E-state index in [1.165, 1.54) is 0 Å². The number of imidazole rings is 2. The molecule has 136 valence electrons. The number of rotatable bonds is 5. The number of carbonyl (C=O) groups excluding carboxylic acids is 1.